The van der Waals surface area contributed by atoms with E-state index < -0.39 is 0 Å². The van der Waals surface area contributed by atoms with Gasteiger partial charge in [0.05, 0.1) is 24.8 Å². The molecular weight excluding hydrogens is 260 g/mol. The van der Waals surface area contributed by atoms with Crippen LogP contribution in [0.25, 0.3) is 0 Å². The number of carbonyl (C=O) groups is 2. The topological polar surface area (TPSA) is 88.5 Å². The van der Waals surface area contributed by atoms with Crippen LogP contribution in [0.15, 0.2) is 18.5 Å². The van der Waals surface area contributed by atoms with Crippen molar-refractivity contribution >= 4 is 11.9 Å². The second kappa shape index (κ2) is 6.36. The number of aromatic hydroxyl groups is 1. The molecule has 1 aromatic heterocycles. The maximum atomic E-state index is 12.0. The monoisotopic (exact) mass is 278 g/mol. The first-order chi connectivity index (χ1) is 9.60. The van der Waals surface area contributed by atoms with Crippen LogP contribution in [0.2, 0.25) is 0 Å². The molecule has 6 nitrogen and oxygen atoms in total. The van der Waals surface area contributed by atoms with Gasteiger partial charge in [0.15, 0.2) is 0 Å². The number of nitrogens with zero attached hydrogens (tertiary/aromatic N) is 1. The van der Waals surface area contributed by atoms with Crippen molar-refractivity contribution in [3.63, 3.8) is 0 Å². The number of nitrogens with one attached hydrogen (secondary N) is 1. The number of carbonyl (C=O) groups excluding carboxylic acids is 2. The van der Waals surface area contributed by atoms with Crippen molar-refractivity contribution in [3.05, 3.63) is 24.0 Å². The van der Waals surface area contributed by atoms with Gasteiger partial charge in [-0.3, -0.25) is 14.6 Å². The van der Waals surface area contributed by atoms with Crippen LogP contribution < -0.4 is 5.32 Å². The summed E-state index contributed by atoms with van der Waals surface area (Å²) in [5, 5.41) is 12.2. The van der Waals surface area contributed by atoms with E-state index >= 15 is 0 Å². The first-order valence-electron chi connectivity index (χ1n) is 6.63. The molecule has 2 rings (SSSR count). The largest absolute Gasteiger partial charge is 0.506 e. The molecule has 6 heteroatoms. The quantitative estimate of drug-likeness (QED) is 0.812. The normalized spacial score (nSPS) is 22.1. The lowest BCUT2D eigenvalue weighted by atomic mass is 9.86. The highest BCUT2D eigenvalue weighted by molar-refractivity contribution is 5.94. The van der Waals surface area contributed by atoms with Crippen LogP contribution in [0.3, 0.4) is 0 Å². The predicted octanol–water partition coefficient (Wildman–Crippen LogP) is 1.25. The first kappa shape index (κ1) is 14.3. The van der Waals surface area contributed by atoms with E-state index in [1.165, 1.54) is 25.6 Å². The Balaban J connectivity index is 1.86. The summed E-state index contributed by atoms with van der Waals surface area (Å²) in [4.78, 5) is 27.2. The molecule has 0 aromatic carbocycles. The lowest BCUT2D eigenvalue weighted by molar-refractivity contribution is -0.146. The molecule has 0 aliphatic heterocycles. The smallest absolute Gasteiger partial charge is 0.308 e. The SMILES string of the molecule is COC(=O)C1CCC(NC(=O)c2cncc(O)c2)CC1. The Bertz CT molecular complexity index is 496. The fourth-order valence-electron chi connectivity index (χ4n) is 2.46. The van der Waals surface area contributed by atoms with E-state index in [0.717, 1.165) is 25.7 Å². The zero-order valence-electron chi connectivity index (χ0n) is 11.3. The van der Waals surface area contributed by atoms with Gasteiger partial charge < -0.3 is 15.2 Å². The number of methoxy groups -OCH3 is 1. The molecule has 20 heavy (non-hydrogen) atoms. The number of hydrogen-bond acceptors (Lipinski definition) is 5. The highest BCUT2D eigenvalue weighted by Crippen LogP contribution is 2.25. The molecule has 1 amide bonds. The third kappa shape index (κ3) is 3.46. The summed E-state index contributed by atoms with van der Waals surface area (Å²) >= 11 is 0. The predicted molar refractivity (Wildman–Crippen MR) is 71.1 cm³/mol. The third-order valence-corrected chi connectivity index (χ3v) is 3.58. The third-order valence-electron chi connectivity index (χ3n) is 3.58. The number of rotatable bonds is 3. The van der Waals surface area contributed by atoms with Gasteiger partial charge in [-0.1, -0.05) is 0 Å². The maximum Gasteiger partial charge on any atom is 0.308 e. The van der Waals surface area contributed by atoms with Gasteiger partial charge in [0.2, 0.25) is 0 Å². The van der Waals surface area contributed by atoms with E-state index in [4.69, 9.17) is 4.74 Å². The van der Waals surface area contributed by atoms with Crippen LogP contribution in [0.4, 0.5) is 0 Å². The molecule has 0 atom stereocenters. The van der Waals surface area contributed by atoms with E-state index in [2.05, 4.69) is 10.3 Å². The number of amides is 1. The van der Waals surface area contributed by atoms with E-state index in [9.17, 15) is 14.7 Å². The van der Waals surface area contributed by atoms with Gasteiger partial charge in [-0.05, 0) is 31.7 Å². The summed E-state index contributed by atoms with van der Waals surface area (Å²) in [7, 11) is 1.39. The van der Waals surface area contributed by atoms with Crippen molar-refractivity contribution in [2.24, 2.45) is 5.92 Å². The summed E-state index contributed by atoms with van der Waals surface area (Å²) in [6.45, 7) is 0. The molecule has 0 bridgehead atoms. The zero-order valence-corrected chi connectivity index (χ0v) is 11.3. The molecule has 1 heterocycles. The van der Waals surface area contributed by atoms with Gasteiger partial charge in [0.1, 0.15) is 5.75 Å². The number of hydrogen-bond donors (Lipinski definition) is 2. The van der Waals surface area contributed by atoms with E-state index in [1.54, 1.807) is 0 Å². The molecule has 1 aliphatic rings. The molecular formula is C14H18N2O4. The molecule has 1 aliphatic carbocycles. The van der Waals surface area contributed by atoms with Crippen molar-refractivity contribution in [2.75, 3.05) is 7.11 Å². The van der Waals surface area contributed by atoms with Gasteiger partial charge in [-0.25, -0.2) is 0 Å². The Morgan fingerprint density at radius 1 is 1.30 bits per heavy atom. The Hall–Kier alpha value is -2.11. The van der Waals surface area contributed by atoms with Crippen LogP contribution in [0, 0.1) is 5.92 Å². The van der Waals surface area contributed by atoms with Crippen LogP contribution in [-0.4, -0.2) is 35.1 Å². The first-order valence-corrected chi connectivity index (χ1v) is 6.63. The average molecular weight is 278 g/mol. The summed E-state index contributed by atoms with van der Waals surface area (Å²) in [6.07, 6.45) is 5.62. The van der Waals surface area contributed by atoms with Crippen molar-refractivity contribution in [3.8, 4) is 5.75 Å². The fourth-order valence-corrected chi connectivity index (χ4v) is 2.46. The van der Waals surface area contributed by atoms with Gasteiger partial charge >= 0.3 is 5.97 Å². The molecule has 1 fully saturated rings. The second-order valence-electron chi connectivity index (χ2n) is 4.98. The summed E-state index contributed by atoms with van der Waals surface area (Å²) in [5.74, 6) is -0.524. The minimum atomic E-state index is -0.255. The van der Waals surface area contributed by atoms with Gasteiger partial charge in [0, 0.05) is 12.2 Å². The maximum absolute atomic E-state index is 12.0. The highest BCUT2D eigenvalue weighted by Gasteiger charge is 2.27. The van der Waals surface area contributed by atoms with Gasteiger partial charge in [-0.15, -0.1) is 0 Å². The number of esters is 1. The molecule has 1 aromatic rings. The lowest BCUT2D eigenvalue weighted by Crippen LogP contribution is -2.38. The Morgan fingerprint density at radius 2 is 2.00 bits per heavy atom. The van der Waals surface area contributed by atoms with Crippen LogP contribution in [-0.2, 0) is 9.53 Å². The molecule has 0 radical (unpaired) electrons. The van der Waals surface area contributed by atoms with Crippen molar-refractivity contribution in [1.29, 1.82) is 0 Å². The second-order valence-corrected chi connectivity index (χ2v) is 4.98. The Kier molecular flexibility index (Phi) is 4.55. The van der Waals surface area contributed by atoms with Crippen molar-refractivity contribution in [1.82, 2.24) is 10.3 Å². The van der Waals surface area contributed by atoms with Gasteiger partial charge in [0.25, 0.3) is 5.91 Å². The van der Waals surface area contributed by atoms with E-state index in [-0.39, 0.29) is 29.6 Å². The fraction of sp³-hybridized carbons (Fsp3) is 0.500. The Labute approximate surface area is 117 Å². The molecule has 0 spiro atoms. The van der Waals surface area contributed by atoms with Crippen molar-refractivity contribution < 1.29 is 19.4 Å². The lowest BCUT2D eigenvalue weighted by Gasteiger charge is -2.27. The van der Waals surface area contributed by atoms with Crippen LogP contribution in [0.1, 0.15) is 36.0 Å². The molecule has 1 saturated carbocycles. The Morgan fingerprint density at radius 3 is 2.60 bits per heavy atom. The standard InChI is InChI=1S/C14H18N2O4/c1-20-14(19)9-2-4-11(5-3-9)16-13(18)10-6-12(17)8-15-7-10/h6-9,11,17H,2-5H2,1H3,(H,16,18). The summed E-state index contributed by atoms with van der Waals surface area (Å²) in [6, 6.07) is 1.42. The van der Waals surface area contributed by atoms with Crippen molar-refractivity contribution in [2.45, 2.75) is 31.7 Å². The van der Waals surface area contributed by atoms with Crippen LogP contribution >= 0.6 is 0 Å². The zero-order chi connectivity index (χ0) is 14.5. The number of pyridine rings is 1. The van der Waals surface area contributed by atoms with E-state index in [0.29, 0.717) is 5.56 Å². The average Bonchev–Trinajstić information content (AvgIpc) is 2.47. The minimum absolute atomic E-state index is 0.0351. The summed E-state index contributed by atoms with van der Waals surface area (Å²) < 4.78 is 4.73. The highest BCUT2D eigenvalue weighted by atomic mass is 16.5. The van der Waals surface area contributed by atoms with Crippen LogP contribution in [0.5, 0.6) is 5.75 Å². The number of ether oxygens (including phenoxy) is 1. The molecule has 0 unspecified atom stereocenters. The molecule has 2 N–H and O–H groups in total. The summed E-state index contributed by atoms with van der Waals surface area (Å²) in [5.41, 5.74) is 0.333. The molecule has 108 valence electrons. The van der Waals surface area contributed by atoms with E-state index in [1.807, 2.05) is 0 Å². The minimum Gasteiger partial charge on any atom is -0.506 e. The molecule has 0 saturated heterocycles. The van der Waals surface area contributed by atoms with Gasteiger partial charge in [-0.2, -0.15) is 0 Å². The number of aromatic nitrogens is 1.